The zero-order chi connectivity index (χ0) is 13.7. The second-order valence-corrected chi connectivity index (χ2v) is 5.73. The van der Waals surface area contributed by atoms with Crippen LogP contribution in [0.4, 0.5) is 0 Å². The molecule has 0 N–H and O–H groups in total. The number of hydrogen-bond acceptors (Lipinski definition) is 2. The summed E-state index contributed by atoms with van der Waals surface area (Å²) < 4.78 is 5.27. The van der Waals surface area contributed by atoms with E-state index in [1.54, 1.807) is 6.92 Å². The van der Waals surface area contributed by atoms with Crippen LogP contribution in [-0.4, -0.2) is 14.5 Å². The van der Waals surface area contributed by atoms with Crippen molar-refractivity contribution in [2.75, 3.05) is 6.61 Å². The summed E-state index contributed by atoms with van der Waals surface area (Å²) >= 11 is 0. The standard InChI is InChI=1S/C14H22BNO/c1-11(2)12(3)7-8-17-10-14(6,9-16)13(4,5)15/h11-12H,10H2,1-6H3. The van der Waals surface area contributed by atoms with Gasteiger partial charge in [0, 0.05) is 5.92 Å². The highest BCUT2D eigenvalue weighted by Crippen LogP contribution is 2.41. The van der Waals surface area contributed by atoms with E-state index >= 15 is 0 Å². The highest BCUT2D eigenvalue weighted by molar-refractivity contribution is 6.15. The van der Waals surface area contributed by atoms with Crippen LogP contribution in [0.3, 0.4) is 0 Å². The monoisotopic (exact) mass is 231 g/mol. The quantitative estimate of drug-likeness (QED) is 0.550. The van der Waals surface area contributed by atoms with E-state index in [0.29, 0.717) is 5.92 Å². The molecule has 0 fully saturated rings. The Balaban J connectivity index is 4.43. The molecule has 0 aromatic rings. The van der Waals surface area contributed by atoms with Crippen LogP contribution in [0.1, 0.15) is 41.5 Å². The number of nitriles is 1. The molecule has 0 spiro atoms. The molecule has 0 aliphatic heterocycles. The van der Waals surface area contributed by atoms with Crippen molar-refractivity contribution in [2.24, 2.45) is 17.3 Å². The highest BCUT2D eigenvalue weighted by Gasteiger charge is 2.38. The maximum absolute atomic E-state index is 9.16. The van der Waals surface area contributed by atoms with E-state index in [2.05, 4.69) is 38.9 Å². The van der Waals surface area contributed by atoms with E-state index in [-0.39, 0.29) is 12.5 Å². The Hall–Kier alpha value is -1.09. The van der Waals surface area contributed by atoms with Crippen molar-refractivity contribution in [2.45, 2.75) is 46.9 Å². The van der Waals surface area contributed by atoms with Gasteiger partial charge in [0.2, 0.25) is 0 Å². The SMILES string of the molecule is [B]C(C)(C)C(C)(C#N)COC#CC(C)C(C)C. The lowest BCUT2D eigenvalue weighted by Gasteiger charge is -2.34. The van der Waals surface area contributed by atoms with E-state index < -0.39 is 10.7 Å². The van der Waals surface area contributed by atoms with Crippen LogP contribution in [0.5, 0.6) is 0 Å². The first-order chi connectivity index (χ1) is 7.64. The smallest absolute Gasteiger partial charge is 0.118 e. The van der Waals surface area contributed by atoms with Gasteiger partial charge in [-0.05, 0) is 12.8 Å². The van der Waals surface area contributed by atoms with Crippen LogP contribution in [0.15, 0.2) is 0 Å². The van der Waals surface area contributed by atoms with Crippen LogP contribution in [0.25, 0.3) is 0 Å². The van der Waals surface area contributed by atoms with E-state index in [1.807, 2.05) is 13.8 Å². The molecule has 2 atom stereocenters. The lowest BCUT2D eigenvalue weighted by molar-refractivity contribution is 0.149. The van der Waals surface area contributed by atoms with Crippen molar-refractivity contribution in [3.63, 3.8) is 0 Å². The zero-order valence-electron chi connectivity index (χ0n) is 11.8. The average molecular weight is 231 g/mol. The first kappa shape index (κ1) is 15.9. The van der Waals surface area contributed by atoms with Gasteiger partial charge in [0.25, 0.3) is 0 Å². The predicted octanol–water partition coefficient (Wildman–Crippen LogP) is 3.15. The highest BCUT2D eigenvalue weighted by atomic mass is 16.5. The van der Waals surface area contributed by atoms with Gasteiger partial charge in [0.05, 0.1) is 19.3 Å². The largest absolute Gasteiger partial charge is 0.445 e. The van der Waals surface area contributed by atoms with Crippen molar-refractivity contribution in [1.29, 1.82) is 5.26 Å². The minimum atomic E-state index is -0.733. The topological polar surface area (TPSA) is 33.0 Å². The Morgan fingerprint density at radius 1 is 1.24 bits per heavy atom. The molecule has 2 unspecified atom stereocenters. The van der Waals surface area contributed by atoms with Gasteiger partial charge in [-0.1, -0.05) is 45.9 Å². The van der Waals surface area contributed by atoms with Crippen molar-refractivity contribution in [3.8, 4) is 18.1 Å². The van der Waals surface area contributed by atoms with E-state index in [0.717, 1.165) is 0 Å². The number of rotatable bonds is 4. The summed E-state index contributed by atoms with van der Waals surface area (Å²) in [5.74, 6) is 3.79. The van der Waals surface area contributed by atoms with Gasteiger partial charge in [-0.15, -0.1) is 0 Å². The third kappa shape index (κ3) is 4.74. The summed E-state index contributed by atoms with van der Waals surface area (Å²) in [6.07, 6.45) is 2.67. The van der Waals surface area contributed by atoms with Gasteiger partial charge in [0.15, 0.2) is 0 Å². The third-order valence-corrected chi connectivity index (χ3v) is 3.39. The summed E-state index contributed by atoms with van der Waals surface area (Å²) in [5.41, 5.74) is -0.733. The van der Waals surface area contributed by atoms with Crippen LogP contribution in [0, 0.1) is 40.6 Å². The summed E-state index contributed by atoms with van der Waals surface area (Å²) in [4.78, 5) is 0. The molecule has 3 heteroatoms. The molecule has 0 aliphatic carbocycles. The summed E-state index contributed by atoms with van der Waals surface area (Å²) in [6.45, 7) is 11.9. The number of ether oxygens (including phenoxy) is 1. The van der Waals surface area contributed by atoms with Crippen LogP contribution in [0.2, 0.25) is 5.31 Å². The lowest BCUT2D eigenvalue weighted by Crippen LogP contribution is -2.32. The Morgan fingerprint density at radius 3 is 2.12 bits per heavy atom. The fourth-order valence-electron chi connectivity index (χ4n) is 0.844. The molecule has 17 heavy (non-hydrogen) atoms. The fraction of sp³-hybridized carbons (Fsp3) is 0.786. The lowest BCUT2D eigenvalue weighted by atomic mass is 9.56. The van der Waals surface area contributed by atoms with Gasteiger partial charge in [-0.2, -0.15) is 5.26 Å². The zero-order valence-corrected chi connectivity index (χ0v) is 11.8. The summed E-state index contributed by atoms with van der Waals surface area (Å²) in [6, 6.07) is 2.21. The Bertz CT molecular complexity index is 340. The molecule has 0 aromatic carbocycles. The molecule has 0 bridgehead atoms. The van der Waals surface area contributed by atoms with Crippen molar-refractivity contribution >= 4 is 7.85 Å². The molecular formula is C14H22BNO. The molecule has 2 nitrogen and oxygen atoms in total. The molecule has 0 aliphatic rings. The molecule has 0 heterocycles. The van der Waals surface area contributed by atoms with E-state index in [1.165, 1.54) is 0 Å². The summed E-state index contributed by atoms with van der Waals surface area (Å²) in [5, 5.41) is 8.54. The minimum Gasteiger partial charge on any atom is -0.445 e. The van der Waals surface area contributed by atoms with Crippen LogP contribution < -0.4 is 0 Å². The van der Waals surface area contributed by atoms with Crippen LogP contribution >= 0.6 is 0 Å². The normalized spacial score (nSPS) is 16.4. The van der Waals surface area contributed by atoms with Crippen molar-refractivity contribution in [3.05, 3.63) is 0 Å². The van der Waals surface area contributed by atoms with Gasteiger partial charge in [-0.25, -0.2) is 0 Å². The first-order valence-electron chi connectivity index (χ1n) is 5.96. The molecule has 0 aromatic heterocycles. The minimum absolute atomic E-state index is 0.227. The van der Waals surface area contributed by atoms with Gasteiger partial charge in [-0.3, -0.25) is 0 Å². The van der Waals surface area contributed by atoms with E-state index in [4.69, 9.17) is 17.8 Å². The predicted molar refractivity (Wildman–Crippen MR) is 71.2 cm³/mol. The molecule has 0 saturated carbocycles. The molecule has 2 radical (unpaired) electrons. The van der Waals surface area contributed by atoms with Gasteiger partial charge in [0.1, 0.15) is 12.7 Å². The molecule has 0 rings (SSSR count). The molecule has 0 saturated heterocycles. The number of nitrogens with zero attached hydrogens (tertiary/aromatic N) is 1. The molecule has 0 amide bonds. The Kier molecular flexibility index (Phi) is 5.63. The third-order valence-electron chi connectivity index (χ3n) is 3.39. The second-order valence-electron chi connectivity index (χ2n) is 5.73. The Labute approximate surface area is 107 Å². The second kappa shape index (κ2) is 6.01. The van der Waals surface area contributed by atoms with Gasteiger partial charge < -0.3 is 4.74 Å². The van der Waals surface area contributed by atoms with Crippen molar-refractivity contribution < 1.29 is 4.74 Å². The maximum atomic E-state index is 9.16. The van der Waals surface area contributed by atoms with Crippen molar-refractivity contribution in [1.82, 2.24) is 0 Å². The van der Waals surface area contributed by atoms with Gasteiger partial charge >= 0.3 is 0 Å². The molecule has 92 valence electrons. The number of hydrogen-bond donors (Lipinski definition) is 0. The summed E-state index contributed by atoms with van der Waals surface area (Å²) in [7, 11) is 5.96. The first-order valence-corrected chi connectivity index (χ1v) is 5.96. The average Bonchev–Trinajstić information content (AvgIpc) is 2.21. The molecular weight excluding hydrogens is 209 g/mol. The van der Waals surface area contributed by atoms with Crippen LogP contribution in [-0.2, 0) is 4.74 Å². The fourth-order valence-corrected chi connectivity index (χ4v) is 0.844. The Morgan fingerprint density at radius 2 is 1.76 bits per heavy atom. The maximum Gasteiger partial charge on any atom is 0.118 e. The van der Waals surface area contributed by atoms with E-state index in [9.17, 15) is 0 Å².